The quantitative estimate of drug-likeness (QED) is 0.703. The molecule has 0 aliphatic carbocycles. The van der Waals surface area contributed by atoms with E-state index >= 15 is 0 Å². The lowest BCUT2D eigenvalue weighted by atomic mass is 10.3. The van der Waals surface area contributed by atoms with Crippen LogP contribution in [0.1, 0.15) is 23.1 Å². The lowest BCUT2D eigenvalue weighted by Gasteiger charge is -2.07. The van der Waals surface area contributed by atoms with Gasteiger partial charge >= 0.3 is 0 Å². The maximum atomic E-state index is 11.6. The van der Waals surface area contributed by atoms with Crippen molar-refractivity contribution in [1.82, 2.24) is 15.1 Å². The second kappa shape index (κ2) is 4.23. The summed E-state index contributed by atoms with van der Waals surface area (Å²) in [5.74, 6) is -0.134. The van der Waals surface area contributed by atoms with Gasteiger partial charge < -0.3 is 11.1 Å². The molecule has 0 spiro atoms. The molecule has 0 bridgehead atoms. The predicted molar refractivity (Wildman–Crippen MR) is 53.9 cm³/mol. The molecule has 1 rings (SSSR count). The second-order valence-electron chi connectivity index (χ2n) is 3.48. The molecule has 1 aromatic heterocycles. The summed E-state index contributed by atoms with van der Waals surface area (Å²) in [5, 5.41) is 6.81. The molecule has 0 saturated carbocycles. The zero-order valence-electron chi connectivity index (χ0n) is 8.74. The Morgan fingerprint density at radius 2 is 2.43 bits per heavy atom. The Morgan fingerprint density at radius 1 is 1.79 bits per heavy atom. The molecule has 1 atom stereocenters. The Bertz CT molecular complexity index is 330. The van der Waals surface area contributed by atoms with Crippen LogP contribution in [0.5, 0.6) is 0 Å². The van der Waals surface area contributed by atoms with Gasteiger partial charge in [0.05, 0.1) is 5.69 Å². The van der Waals surface area contributed by atoms with Crippen molar-refractivity contribution in [3.8, 4) is 0 Å². The van der Waals surface area contributed by atoms with Crippen LogP contribution in [0.4, 0.5) is 0 Å². The van der Waals surface area contributed by atoms with Crippen molar-refractivity contribution >= 4 is 5.91 Å². The molecule has 3 N–H and O–H groups in total. The molecule has 0 aliphatic rings. The minimum absolute atomic E-state index is 0.0340. The molecule has 1 aromatic rings. The van der Waals surface area contributed by atoms with Crippen molar-refractivity contribution in [2.24, 2.45) is 12.8 Å². The van der Waals surface area contributed by atoms with Crippen LogP contribution in [-0.2, 0) is 7.05 Å². The van der Waals surface area contributed by atoms with Gasteiger partial charge in [-0.25, -0.2) is 0 Å². The van der Waals surface area contributed by atoms with Crippen LogP contribution in [0.3, 0.4) is 0 Å². The standard InChI is InChI=1S/C9H16N4O/c1-6(10)5-11-9(14)8-4-7(2)12-13(8)3/h4,6H,5,10H2,1-3H3,(H,11,14). The van der Waals surface area contributed by atoms with Gasteiger partial charge in [0, 0.05) is 19.6 Å². The minimum atomic E-state index is -0.134. The number of carbonyl (C=O) groups is 1. The van der Waals surface area contributed by atoms with Crippen LogP contribution in [0, 0.1) is 6.92 Å². The largest absolute Gasteiger partial charge is 0.349 e. The predicted octanol–water partition coefficient (Wildman–Crippen LogP) is -0.194. The summed E-state index contributed by atoms with van der Waals surface area (Å²) in [7, 11) is 1.74. The third-order valence-corrected chi connectivity index (χ3v) is 1.82. The van der Waals surface area contributed by atoms with Gasteiger partial charge in [-0.15, -0.1) is 0 Å². The monoisotopic (exact) mass is 196 g/mol. The minimum Gasteiger partial charge on any atom is -0.349 e. The van der Waals surface area contributed by atoms with E-state index < -0.39 is 0 Å². The number of nitrogens with two attached hydrogens (primary N) is 1. The molecule has 5 nitrogen and oxygen atoms in total. The van der Waals surface area contributed by atoms with Gasteiger partial charge in [-0.05, 0) is 19.9 Å². The molecular weight excluding hydrogens is 180 g/mol. The van der Waals surface area contributed by atoms with E-state index in [-0.39, 0.29) is 11.9 Å². The summed E-state index contributed by atoms with van der Waals surface area (Å²) in [6.45, 7) is 4.17. The van der Waals surface area contributed by atoms with Crippen LogP contribution in [-0.4, -0.2) is 28.3 Å². The molecule has 1 heterocycles. The van der Waals surface area contributed by atoms with Crippen LogP contribution in [0.15, 0.2) is 6.07 Å². The van der Waals surface area contributed by atoms with Gasteiger partial charge in [0.15, 0.2) is 0 Å². The number of carbonyl (C=O) groups excluding carboxylic acids is 1. The molecule has 78 valence electrons. The van der Waals surface area contributed by atoms with Gasteiger partial charge in [-0.2, -0.15) is 5.10 Å². The molecular formula is C9H16N4O. The third kappa shape index (κ3) is 2.56. The fourth-order valence-corrected chi connectivity index (χ4v) is 1.17. The Labute approximate surface area is 83.3 Å². The van der Waals surface area contributed by atoms with Gasteiger partial charge in [0.1, 0.15) is 5.69 Å². The normalized spacial score (nSPS) is 12.6. The van der Waals surface area contributed by atoms with Crippen LogP contribution in [0.2, 0.25) is 0 Å². The zero-order chi connectivity index (χ0) is 10.7. The van der Waals surface area contributed by atoms with E-state index in [1.165, 1.54) is 0 Å². The highest BCUT2D eigenvalue weighted by Gasteiger charge is 2.11. The summed E-state index contributed by atoms with van der Waals surface area (Å²) in [6, 6.07) is 1.71. The first-order valence-electron chi connectivity index (χ1n) is 4.55. The van der Waals surface area contributed by atoms with E-state index in [9.17, 15) is 4.79 Å². The molecule has 1 unspecified atom stereocenters. The zero-order valence-corrected chi connectivity index (χ0v) is 8.74. The van der Waals surface area contributed by atoms with Gasteiger partial charge in [-0.1, -0.05) is 0 Å². The topological polar surface area (TPSA) is 72.9 Å². The van der Waals surface area contributed by atoms with Crippen molar-refractivity contribution in [1.29, 1.82) is 0 Å². The lowest BCUT2D eigenvalue weighted by Crippen LogP contribution is -2.35. The lowest BCUT2D eigenvalue weighted by molar-refractivity contribution is 0.0942. The average Bonchev–Trinajstić information content (AvgIpc) is 2.41. The van der Waals surface area contributed by atoms with E-state index in [0.717, 1.165) is 5.69 Å². The fourth-order valence-electron chi connectivity index (χ4n) is 1.17. The number of amides is 1. The van der Waals surface area contributed by atoms with Crippen LogP contribution < -0.4 is 11.1 Å². The Hall–Kier alpha value is -1.36. The molecule has 0 aliphatic heterocycles. The molecule has 0 fully saturated rings. The smallest absolute Gasteiger partial charge is 0.269 e. The van der Waals surface area contributed by atoms with Crippen LogP contribution in [0.25, 0.3) is 0 Å². The number of hydrogen-bond donors (Lipinski definition) is 2. The number of aryl methyl sites for hydroxylation is 2. The maximum absolute atomic E-state index is 11.6. The van der Waals surface area contributed by atoms with E-state index in [1.807, 2.05) is 13.8 Å². The van der Waals surface area contributed by atoms with E-state index in [2.05, 4.69) is 10.4 Å². The second-order valence-corrected chi connectivity index (χ2v) is 3.48. The van der Waals surface area contributed by atoms with Gasteiger partial charge in [0.25, 0.3) is 5.91 Å². The van der Waals surface area contributed by atoms with Crippen molar-refractivity contribution in [3.63, 3.8) is 0 Å². The Morgan fingerprint density at radius 3 is 2.86 bits per heavy atom. The number of hydrogen-bond acceptors (Lipinski definition) is 3. The molecule has 0 aromatic carbocycles. The molecule has 14 heavy (non-hydrogen) atoms. The summed E-state index contributed by atoms with van der Waals surface area (Å²) in [6.07, 6.45) is 0. The third-order valence-electron chi connectivity index (χ3n) is 1.82. The summed E-state index contributed by atoms with van der Waals surface area (Å²) in [5.41, 5.74) is 6.92. The average molecular weight is 196 g/mol. The Balaban J connectivity index is 2.65. The molecule has 0 saturated heterocycles. The highest BCUT2D eigenvalue weighted by Crippen LogP contribution is 2.00. The first-order chi connectivity index (χ1) is 6.50. The first-order valence-corrected chi connectivity index (χ1v) is 4.55. The Kier molecular flexibility index (Phi) is 3.24. The number of aromatic nitrogens is 2. The molecule has 5 heteroatoms. The van der Waals surface area contributed by atoms with E-state index in [4.69, 9.17) is 5.73 Å². The fraction of sp³-hybridized carbons (Fsp3) is 0.556. The van der Waals surface area contributed by atoms with Crippen molar-refractivity contribution in [2.75, 3.05) is 6.54 Å². The summed E-state index contributed by atoms with van der Waals surface area (Å²) >= 11 is 0. The molecule has 1 amide bonds. The van der Waals surface area contributed by atoms with Crippen LogP contribution >= 0.6 is 0 Å². The van der Waals surface area contributed by atoms with E-state index in [0.29, 0.717) is 12.2 Å². The van der Waals surface area contributed by atoms with Crippen molar-refractivity contribution in [3.05, 3.63) is 17.5 Å². The van der Waals surface area contributed by atoms with Crippen molar-refractivity contribution in [2.45, 2.75) is 19.9 Å². The highest BCUT2D eigenvalue weighted by atomic mass is 16.2. The summed E-state index contributed by atoms with van der Waals surface area (Å²) < 4.78 is 1.56. The van der Waals surface area contributed by atoms with Gasteiger partial charge in [0.2, 0.25) is 0 Å². The maximum Gasteiger partial charge on any atom is 0.269 e. The number of rotatable bonds is 3. The number of nitrogens with zero attached hydrogens (tertiary/aromatic N) is 2. The van der Waals surface area contributed by atoms with E-state index in [1.54, 1.807) is 17.8 Å². The SMILES string of the molecule is Cc1cc(C(=O)NCC(C)N)n(C)n1. The highest BCUT2D eigenvalue weighted by molar-refractivity contribution is 5.92. The van der Waals surface area contributed by atoms with Crippen molar-refractivity contribution < 1.29 is 4.79 Å². The van der Waals surface area contributed by atoms with Gasteiger partial charge in [-0.3, -0.25) is 9.48 Å². The molecule has 0 radical (unpaired) electrons. The summed E-state index contributed by atoms with van der Waals surface area (Å²) in [4.78, 5) is 11.6. The number of nitrogens with one attached hydrogen (secondary N) is 1. The first kappa shape index (κ1) is 10.7.